The fourth-order valence-electron chi connectivity index (χ4n) is 1.16. The molecule has 0 aliphatic heterocycles. The first-order valence-electron chi connectivity index (χ1n) is 4.59. The van der Waals surface area contributed by atoms with Crippen LogP contribution in [0.2, 0.25) is 0 Å². The number of carbonyl (C=O) groups excluding carboxylic acids is 1. The van der Waals surface area contributed by atoms with Gasteiger partial charge >= 0.3 is 0 Å². The lowest BCUT2D eigenvalue weighted by Gasteiger charge is -2.00. The van der Waals surface area contributed by atoms with E-state index in [2.05, 4.69) is 0 Å². The molecule has 0 amide bonds. The molecule has 1 nitrogen and oxygen atoms in total. The van der Waals surface area contributed by atoms with Crippen molar-refractivity contribution in [3.05, 3.63) is 35.4 Å². The summed E-state index contributed by atoms with van der Waals surface area (Å²) in [6, 6.07) is 3.72. The summed E-state index contributed by atoms with van der Waals surface area (Å²) in [5, 5.41) is 0. The maximum Gasteiger partial charge on any atom is 0.159 e. The molecule has 1 aromatic rings. The van der Waals surface area contributed by atoms with E-state index in [0.717, 1.165) is 12.1 Å². The predicted octanol–water partition coefficient (Wildman–Crippen LogP) is 2.88. The largest absolute Gasteiger partial charge is 0.300 e. The quantitative estimate of drug-likeness (QED) is 0.727. The first kappa shape index (κ1) is 10.8. The summed E-state index contributed by atoms with van der Waals surface area (Å²) in [7, 11) is 0. The number of ketones is 1. The van der Waals surface area contributed by atoms with Crippen molar-refractivity contribution in [1.82, 2.24) is 0 Å². The number of hydrogen-bond donors (Lipinski definition) is 0. The Hall–Kier alpha value is -1.25. The molecule has 1 rings (SSSR count). The SMILES string of the molecule is CCC(=O)CCc1ccc(F)c(F)c1. The molecule has 0 aromatic heterocycles. The molecule has 0 radical (unpaired) electrons. The van der Waals surface area contributed by atoms with Gasteiger partial charge in [-0.1, -0.05) is 13.0 Å². The summed E-state index contributed by atoms with van der Waals surface area (Å²) in [5.74, 6) is -1.57. The molecule has 0 bridgehead atoms. The molecule has 1 aromatic carbocycles. The Labute approximate surface area is 81.7 Å². The molecule has 0 spiro atoms. The highest BCUT2D eigenvalue weighted by Crippen LogP contribution is 2.10. The van der Waals surface area contributed by atoms with Gasteiger partial charge in [-0.15, -0.1) is 0 Å². The van der Waals surface area contributed by atoms with Crippen molar-refractivity contribution in [2.45, 2.75) is 26.2 Å². The third kappa shape index (κ3) is 2.91. The van der Waals surface area contributed by atoms with Gasteiger partial charge in [-0.3, -0.25) is 4.79 Å². The van der Waals surface area contributed by atoms with Crippen LogP contribution in [-0.2, 0) is 11.2 Å². The lowest BCUT2D eigenvalue weighted by Crippen LogP contribution is -1.98. The molecule has 3 heteroatoms. The molecule has 0 aliphatic rings. The third-order valence-corrected chi connectivity index (χ3v) is 2.07. The molecule has 0 heterocycles. The number of aryl methyl sites for hydroxylation is 1. The molecule has 14 heavy (non-hydrogen) atoms. The van der Waals surface area contributed by atoms with Gasteiger partial charge in [-0.2, -0.15) is 0 Å². The average Bonchev–Trinajstić information content (AvgIpc) is 2.19. The Kier molecular flexibility index (Phi) is 3.74. The predicted molar refractivity (Wildman–Crippen MR) is 50.0 cm³/mol. The molecular weight excluding hydrogens is 186 g/mol. The van der Waals surface area contributed by atoms with E-state index in [1.807, 2.05) is 0 Å². The second-order valence-corrected chi connectivity index (χ2v) is 3.14. The van der Waals surface area contributed by atoms with Gasteiger partial charge in [0.25, 0.3) is 0 Å². The Bertz CT molecular complexity index is 334. The van der Waals surface area contributed by atoms with E-state index in [1.54, 1.807) is 6.92 Å². The fourth-order valence-corrected chi connectivity index (χ4v) is 1.16. The van der Waals surface area contributed by atoms with Crippen molar-refractivity contribution in [3.63, 3.8) is 0 Å². The Morgan fingerprint density at radius 3 is 2.57 bits per heavy atom. The minimum atomic E-state index is -0.855. The molecular formula is C11H12F2O. The highest BCUT2D eigenvalue weighted by Gasteiger charge is 2.04. The number of carbonyl (C=O) groups is 1. The van der Waals surface area contributed by atoms with E-state index in [4.69, 9.17) is 0 Å². The van der Waals surface area contributed by atoms with Gasteiger partial charge in [0.2, 0.25) is 0 Å². The zero-order valence-electron chi connectivity index (χ0n) is 8.02. The smallest absolute Gasteiger partial charge is 0.159 e. The van der Waals surface area contributed by atoms with Crippen LogP contribution in [0, 0.1) is 11.6 Å². The number of halogens is 2. The normalized spacial score (nSPS) is 10.2. The molecule has 0 atom stereocenters. The third-order valence-electron chi connectivity index (χ3n) is 2.07. The lowest BCUT2D eigenvalue weighted by molar-refractivity contribution is -0.118. The second-order valence-electron chi connectivity index (χ2n) is 3.14. The van der Waals surface area contributed by atoms with E-state index in [-0.39, 0.29) is 5.78 Å². The van der Waals surface area contributed by atoms with Gasteiger partial charge in [0.15, 0.2) is 11.6 Å². The second kappa shape index (κ2) is 4.84. The van der Waals surface area contributed by atoms with Crippen molar-refractivity contribution in [3.8, 4) is 0 Å². The van der Waals surface area contributed by atoms with Crippen LogP contribution in [0.25, 0.3) is 0 Å². The molecule has 76 valence electrons. The molecule has 0 N–H and O–H groups in total. The number of rotatable bonds is 4. The first-order chi connectivity index (χ1) is 6.63. The Balaban J connectivity index is 2.60. The molecule has 0 aliphatic carbocycles. The summed E-state index contributed by atoms with van der Waals surface area (Å²) in [6.45, 7) is 1.79. The average molecular weight is 198 g/mol. The number of hydrogen-bond acceptors (Lipinski definition) is 1. The van der Waals surface area contributed by atoms with Gasteiger partial charge in [0, 0.05) is 12.8 Å². The van der Waals surface area contributed by atoms with Crippen molar-refractivity contribution < 1.29 is 13.6 Å². The van der Waals surface area contributed by atoms with Crippen LogP contribution in [-0.4, -0.2) is 5.78 Å². The molecule has 0 fully saturated rings. The Morgan fingerprint density at radius 2 is 2.00 bits per heavy atom. The topological polar surface area (TPSA) is 17.1 Å². The van der Waals surface area contributed by atoms with Gasteiger partial charge in [0.05, 0.1) is 0 Å². The number of benzene rings is 1. The fraction of sp³-hybridized carbons (Fsp3) is 0.364. The monoisotopic (exact) mass is 198 g/mol. The van der Waals surface area contributed by atoms with E-state index in [1.165, 1.54) is 6.07 Å². The van der Waals surface area contributed by atoms with Gasteiger partial charge in [0.1, 0.15) is 5.78 Å². The van der Waals surface area contributed by atoms with Gasteiger partial charge in [-0.05, 0) is 24.1 Å². The summed E-state index contributed by atoms with van der Waals surface area (Å²) < 4.78 is 25.2. The highest BCUT2D eigenvalue weighted by molar-refractivity contribution is 5.78. The number of Topliss-reactive ketones (excluding diaryl/α,β-unsaturated/α-hetero) is 1. The maximum absolute atomic E-state index is 12.7. The van der Waals surface area contributed by atoms with Crippen molar-refractivity contribution >= 4 is 5.78 Å². The van der Waals surface area contributed by atoms with E-state index < -0.39 is 11.6 Å². The van der Waals surface area contributed by atoms with Crippen molar-refractivity contribution in [2.24, 2.45) is 0 Å². The zero-order chi connectivity index (χ0) is 10.6. The van der Waals surface area contributed by atoms with Crippen LogP contribution in [0.1, 0.15) is 25.3 Å². The van der Waals surface area contributed by atoms with Crippen LogP contribution < -0.4 is 0 Å². The zero-order valence-corrected chi connectivity index (χ0v) is 8.02. The molecule has 0 saturated carbocycles. The van der Waals surface area contributed by atoms with E-state index >= 15 is 0 Å². The van der Waals surface area contributed by atoms with Crippen LogP contribution in [0.3, 0.4) is 0 Å². The molecule has 0 saturated heterocycles. The molecule has 0 unspecified atom stereocenters. The van der Waals surface area contributed by atoms with Crippen LogP contribution in [0.15, 0.2) is 18.2 Å². The van der Waals surface area contributed by atoms with E-state index in [9.17, 15) is 13.6 Å². The van der Waals surface area contributed by atoms with Crippen molar-refractivity contribution in [2.75, 3.05) is 0 Å². The minimum Gasteiger partial charge on any atom is -0.300 e. The van der Waals surface area contributed by atoms with Crippen LogP contribution in [0.4, 0.5) is 8.78 Å². The maximum atomic E-state index is 12.7. The summed E-state index contributed by atoms with van der Waals surface area (Å²) in [5.41, 5.74) is 0.658. The van der Waals surface area contributed by atoms with Crippen LogP contribution >= 0.6 is 0 Å². The summed E-state index contributed by atoms with van der Waals surface area (Å²) >= 11 is 0. The minimum absolute atomic E-state index is 0.134. The van der Waals surface area contributed by atoms with Crippen LogP contribution in [0.5, 0.6) is 0 Å². The van der Waals surface area contributed by atoms with E-state index in [0.29, 0.717) is 24.8 Å². The highest BCUT2D eigenvalue weighted by atomic mass is 19.2. The Morgan fingerprint density at radius 1 is 1.29 bits per heavy atom. The lowest BCUT2D eigenvalue weighted by atomic mass is 10.1. The van der Waals surface area contributed by atoms with Gasteiger partial charge < -0.3 is 0 Å². The standard InChI is InChI=1S/C11H12F2O/c1-2-9(14)5-3-8-4-6-10(12)11(13)7-8/h4,6-7H,2-3,5H2,1H3. The summed E-state index contributed by atoms with van der Waals surface area (Å²) in [4.78, 5) is 11.0. The first-order valence-corrected chi connectivity index (χ1v) is 4.59. The van der Waals surface area contributed by atoms with Crippen molar-refractivity contribution in [1.29, 1.82) is 0 Å². The summed E-state index contributed by atoms with van der Waals surface area (Å²) in [6.07, 6.45) is 1.36. The van der Waals surface area contributed by atoms with Gasteiger partial charge in [-0.25, -0.2) is 8.78 Å².